The van der Waals surface area contributed by atoms with Gasteiger partial charge >= 0.3 is 11.9 Å². The van der Waals surface area contributed by atoms with Crippen molar-refractivity contribution in [1.82, 2.24) is 5.32 Å². The first-order chi connectivity index (χ1) is 9.42. The molecule has 1 N–H and O–H groups in total. The van der Waals surface area contributed by atoms with E-state index < -0.39 is 17.8 Å². The molecule has 0 unspecified atom stereocenters. The number of esters is 2. The Bertz CT molecular complexity index is 562. The zero-order valence-corrected chi connectivity index (χ0v) is 11.4. The highest BCUT2D eigenvalue weighted by molar-refractivity contribution is 5.97. The van der Waals surface area contributed by atoms with E-state index in [-0.39, 0.29) is 5.70 Å². The van der Waals surface area contributed by atoms with Crippen LogP contribution in [-0.4, -0.2) is 25.0 Å². The highest BCUT2D eigenvalue weighted by Crippen LogP contribution is 2.16. The number of methoxy groups -OCH3 is 1. The van der Waals surface area contributed by atoms with E-state index in [9.17, 15) is 14.4 Å². The topological polar surface area (TPSA) is 81.7 Å². The summed E-state index contributed by atoms with van der Waals surface area (Å²) in [5, 5.41) is 2.38. The smallest absolute Gasteiger partial charge is 0.354 e. The van der Waals surface area contributed by atoms with Gasteiger partial charge in [-0.05, 0) is 23.8 Å². The zero-order valence-electron chi connectivity index (χ0n) is 11.4. The van der Waals surface area contributed by atoms with Crippen molar-refractivity contribution < 1.29 is 23.9 Å². The minimum absolute atomic E-state index is 0.0000231. The molecule has 0 atom stereocenters. The number of carbonyl (C=O) groups is 3. The van der Waals surface area contributed by atoms with Crippen LogP contribution in [0, 0.1) is 0 Å². The van der Waals surface area contributed by atoms with Gasteiger partial charge in [0.2, 0.25) is 5.91 Å². The van der Waals surface area contributed by atoms with Crippen LogP contribution in [0.2, 0.25) is 0 Å². The summed E-state index contributed by atoms with van der Waals surface area (Å²) >= 11 is 0. The maximum absolute atomic E-state index is 11.5. The minimum Gasteiger partial charge on any atom is -0.464 e. The summed E-state index contributed by atoms with van der Waals surface area (Å²) in [5.41, 5.74) is 0.581. The first kappa shape index (κ1) is 15.4. The lowest BCUT2D eigenvalue weighted by Crippen LogP contribution is -2.25. The van der Waals surface area contributed by atoms with Gasteiger partial charge < -0.3 is 14.8 Å². The molecule has 0 radical (unpaired) electrons. The number of hydrogen-bond acceptors (Lipinski definition) is 5. The van der Waals surface area contributed by atoms with Crippen LogP contribution in [0.25, 0.3) is 6.08 Å². The van der Waals surface area contributed by atoms with E-state index in [1.54, 1.807) is 24.3 Å². The molecular weight excluding hydrogens is 262 g/mol. The molecule has 1 aromatic rings. The standard InChI is InChI=1S/C14H15NO5/c1-9(16)15-13(14(18)19-3)8-11-5-4-6-12(7-11)20-10(2)17/h4-8H,1-3H3,(H,15,16). The number of rotatable bonds is 4. The zero-order chi connectivity index (χ0) is 15.1. The molecule has 1 rings (SSSR count). The quantitative estimate of drug-likeness (QED) is 0.509. The molecule has 20 heavy (non-hydrogen) atoms. The van der Waals surface area contributed by atoms with E-state index in [2.05, 4.69) is 10.1 Å². The van der Waals surface area contributed by atoms with Crippen LogP contribution in [0.1, 0.15) is 19.4 Å². The predicted octanol–water partition coefficient (Wildman–Crippen LogP) is 1.26. The summed E-state index contributed by atoms with van der Waals surface area (Å²) in [7, 11) is 1.22. The Hall–Kier alpha value is -2.63. The van der Waals surface area contributed by atoms with Crippen molar-refractivity contribution in [3.63, 3.8) is 0 Å². The summed E-state index contributed by atoms with van der Waals surface area (Å²) in [6.07, 6.45) is 1.43. The van der Waals surface area contributed by atoms with Crippen molar-refractivity contribution in [2.24, 2.45) is 0 Å². The molecule has 106 valence electrons. The van der Waals surface area contributed by atoms with E-state index in [4.69, 9.17) is 4.74 Å². The van der Waals surface area contributed by atoms with Crippen LogP contribution < -0.4 is 10.1 Å². The Balaban J connectivity index is 3.06. The summed E-state index contributed by atoms with van der Waals surface area (Å²) in [6, 6.07) is 6.52. The number of ether oxygens (including phenoxy) is 2. The number of hydrogen-bond donors (Lipinski definition) is 1. The van der Waals surface area contributed by atoms with Gasteiger partial charge in [-0.25, -0.2) is 4.79 Å². The van der Waals surface area contributed by atoms with Crippen LogP contribution in [-0.2, 0) is 19.1 Å². The lowest BCUT2D eigenvalue weighted by atomic mass is 10.2. The van der Waals surface area contributed by atoms with Crippen LogP contribution in [0.15, 0.2) is 30.0 Å². The first-order valence-corrected chi connectivity index (χ1v) is 5.78. The lowest BCUT2D eigenvalue weighted by Gasteiger charge is -2.07. The lowest BCUT2D eigenvalue weighted by molar-refractivity contribution is -0.137. The molecule has 0 saturated carbocycles. The molecule has 0 saturated heterocycles. The molecule has 6 heteroatoms. The number of amides is 1. The van der Waals surface area contributed by atoms with Crippen molar-refractivity contribution in [1.29, 1.82) is 0 Å². The fourth-order valence-corrected chi connectivity index (χ4v) is 1.45. The summed E-state index contributed by atoms with van der Waals surface area (Å²) in [6.45, 7) is 2.58. The average molecular weight is 277 g/mol. The Labute approximate surface area is 116 Å². The molecule has 0 aliphatic carbocycles. The highest BCUT2D eigenvalue weighted by Gasteiger charge is 2.11. The predicted molar refractivity (Wildman–Crippen MR) is 71.6 cm³/mol. The molecule has 1 aromatic carbocycles. The third-order valence-electron chi connectivity index (χ3n) is 2.15. The molecule has 0 fully saturated rings. The SMILES string of the molecule is COC(=O)C(=Cc1cccc(OC(C)=O)c1)NC(C)=O. The third kappa shape index (κ3) is 4.93. The van der Waals surface area contributed by atoms with Gasteiger partial charge in [-0.3, -0.25) is 9.59 Å². The molecule has 0 spiro atoms. The molecule has 1 amide bonds. The fourth-order valence-electron chi connectivity index (χ4n) is 1.45. The Kier molecular flexibility index (Phi) is 5.46. The van der Waals surface area contributed by atoms with Crippen LogP contribution in [0.3, 0.4) is 0 Å². The van der Waals surface area contributed by atoms with Gasteiger partial charge in [0.15, 0.2) is 0 Å². The normalized spacial score (nSPS) is 10.7. The van der Waals surface area contributed by atoms with Crippen LogP contribution in [0.5, 0.6) is 5.75 Å². The summed E-state index contributed by atoms with van der Waals surface area (Å²) in [4.78, 5) is 33.4. The van der Waals surface area contributed by atoms with Crippen molar-refractivity contribution in [2.75, 3.05) is 7.11 Å². The molecule has 0 aliphatic rings. The third-order valence-corrected chi connectivity index (χ3v) is 2.15. The Morgan fingerprint density at radius 3 is 2.45 bits per heavy atom. The van der Waals surface area contributed by atoms with Gasteiger partial charge in [0.05, 0.1) is 7.11 Å². The molecule has 6 nitrogen and oxygen atoms in total. The largest absolute Gasteiger partial charge is 0.464 e. The van der Waals surface area contributed by atoms with Gasteiger partial charge in [-0.1, -0.05) is 12.1 Å². The minimum atomic E-state index is -0.668. The van der Waals surface area contributed by atoms with E-state index in [1.807, 2.05) is 0 Å². The maximum atomic E-state index is 11.5. The maximum Gasteiger partial charge on any atom is 0.354 e. The molecule has 0 bridgehead atoms. The average Bonchev–Trinajstić information content (AvgIpc) is 2.36. The van der Waals surface area contributed by atoms with Crippen LogP contribution >= 0.6 is 0 Å². The van der Waals surface area contributed by atoms with Crippen LogP contribution in [0.4, 0.5) is 0 Å². The van der Waals surface area contributed by atoms with Crippen molar-refractivity contribution in [3.05, 3.63) is 35.5 Å². The van der Waals surface area contributed by atoms with Crippen molar-refractivity contribution in [2.45, 2.75) is 13.8 Å². The number of carbonyl (C=O) groups excluding carboxylic acids is 3. The Morgan fingerprint density at radius 1 is 1.20 bits per heavy atom. The highest BCUT2D eigenvalue weighted by atomic mass is 16.5. The van der Waals surface area contributed by atoms with Gasteiger partial charge in [0, 0.05) is 13.8 Å². The number of benzene rings is 1. The van der Waals surface area contributed by atoms with E-state index >= 15 is 0 Å². The van der Waals surface area contributed by atoms with Crippen molar-refractivity contribution >= 4 is 23.9 Å². The van der Waals surface area contributed by atoms with Gasteiger partial charge in [-0.2, -0.15) is 0 Å². The van der Waals surface area contributed by atoms with Gasteiger partial charge in [0.25, 0.3) is 0 Å². The summed E-state index contributed by atoms with van der Waals surface area (Å²) < 4.78 is 9.51. The molecule has 0 heterocycles. The molecular formula is C14H15NO5. The van der Waals surface area contributed by atoms with Crippen molar-refractivity contribution in [3.8, 4) is 5.75 Å². The van der Waals surface area contributed by atoms with Gasteiger partial charge in [0.1, 0.15) is 11.4 Å². The monoisotopic (exact) mass is 277 g/mol. The second kappa shape index (κ2) is 7.08. The van der Waals surface area contributed by atoms with E-state index in [1.165, 1.54) is 27.0 Å². The van der Waals surface area contributed by atoms with E-state index in [0.717, 1.165) is 0 Å². The van der Waals surface area contributed by atoms with Gasteiger partial charge in [-0.15, -0.1) is 0 Å². The second-order valence-electron chi connectivity index (χ2n) is 3.90. The molecule has 0 aromatic heterocycles. The second-order valence-corrected chi connectivity index (χ2v) is 3.90. The first-order valence-electron chi connectivity index (χ1n) is 5.78. The Morgan fingerprint density at radius 2 is 1.90 bits per heavy atom. The summed E-state index contributed by atoms with van der Waals surface area (Å²) in [5.74, 6) is -1.16. The van der Waals surface area contributed by atoms with E-state index in [0.29, 0.717) is 11.3 Å². The molecule has 0 aliphatic heterocycles. The fraction of sp³-hybridized carbons (Fsp3) is 0.214. The number of nitrogens with one attached hydrogen (secondary N) is 1.